The Labute approximate surface area is 83.6 Å². The maximum atomic E-state index is 10.6. The van der Waals surface area contributed by atoms with Crippen molar-refractivity contribution in [3.8, 4) is 0 Å². The van der Waals surface area contributed by atoms with Crippen LogP contribution in [-0.4, -0.2) is 16.3 Å². The highest BCUT2D eigenvalue weighted by molar-refractivity contribution is 5.53. The number of hydrogen-bond donors (Lipinski definition) is 0. The van der Waals surface area contributed by atoms with Gasteiger partial charge in [-0.1, -0.05) is 0 Å². The van der Waals surface area contributed by atoms with Crippen LogP contribution >= 0.6 is 0 Å². The zero-order chi connectivity index (χ0) is 9.80. The number of nitrogens with zero attached hydrogens (tertiary/aromatic N) is 2. The van der Waals surface area contributed by atoms with Crippen LogP contribution in [-0.2, 0) is 4.79 Å². The van der Waals surface area contributed by atoms with Gasteiger partial charge in [-0.25, -0.2) is 9.97 Å². The Hall–Kier alpha value is -1.25. The predicted molar refractivity (Wildman–Crippen MR) is 52.8 cm³/mol. The summed E-state index contributed by atoms with van der Waals surface area (Å²) in [6, 6.07) is 1.83. The molecule has 0 atom stereocenters. The molecule has 0 spiro atoms. The first kappa shape index (κ1) is 9.31. The van der Waals surface area contributed by atoms with Crippen LogP contribution in [0.15, 0.2) is 18.5 Å². The van der Waals surface area contributed by atoms with Crippen LogP contribution in [0.2, 0.25) is 0 Å². The summed E-state index contributed by atoms with van der Waals surface area (Å²) in [5, 5.41) is 0. The van der Waals surface area contributed by atoms with Crippen LogP contribution in [0, 0.1) is 5.92 Å². The standard InChI is InChI=1S/C11H14N2O/c14-8-9-2-4-10(5-3-9)11-12-6-1-7-13-11/h1,6-10H,2-5H2. The molecule has 1 aliphatic rings. The molecule has 0 aromatic carbocycles. The molecule has 3 heteroatoms. The summed E-state index contributed by atoms with van der Waals surface area (Å²) in [5.41, 5.74) is 0. The molecule has 1 fully saturated rings. The van der Waals surface area contributed by atoms with E-state index < -0.39 is 0 Å². The lowest BCUT2D eigenvalue weighted by Gasteiger charge is -2.23. The van der Waals surface area contributed by atoms with Gasteiger partial charge in [-0.15, -0.1) is 0 Å². The Morgan fingerprint density at radius 1 is 1.14 bits per heavy atom. The maximum Gasteiger partial charge on any atom is 0.131 e. The molecule has 3 nitrogen and oxygen atoms in total. The molecule has 1 aromatic rings. The first-order valence-corrected chi connectivity index (χ1v) is 5.12. The highest BCUT2D eigenvalue weighted by atomic mass is 16.1. The monoisotopic (exact) mass is 190 g/mol. The smallest absolute Gasteiger partial charge is 0.131 e. The molecule has 74 valence electrons. The Morgan fingerprint density at radius 2 is 1.79 bits per heavy atom. The topological polar surface area (TPSA) is 42.9 Å². The second-order valence-electron chi connectivity index (χ2n) is 3.85. The third kappa shape index (κ3) is 1.97. The predicted octanol–water partition coefficient (Wildman–Crippen LogP) is 1.95. The summed E-state index contributed by atoms with van der Waals surface area (Å²) in [6.07, 6.45) is 8.74. The Bertz CT molecular complexity index is 291. The molecule has 0 saturated heterocycles. The molecule has 1 saturated carbocycles. The lowest BCUT2D eigenvalue weighted by molar-refractivity contribution is -0.111. The van der Waals surface area contributed by atoms with Crippen LogP contribution in [0.4, 0.5) is 0 Å². The van der Waals surface area contributed by atoms with Crippen molar-refractivity contribution in [1.29, 1.82) is 0 Å². The molecule has 0 unspecified atom stereocenters. The SMILES string of the molecule is O=CC1CCC(c2ncccn2)CC1. The van der Waals surface area contributed by atoms with Crippen LogP contribution in [0.5, 0.6) is 0 Å². The van der Waals surface area contributed by atoms with Gasteiger partial charge in [0.1, 0.15) is 12.1 Å². The first-order valence-electron chi connectivity index (χ1n) is 5.12. The average molecular weight is 190 g/mol. The molecule has 1 aromatic heterocycles. The molecular formula is C11H14N2O. The molecule has 1 aliphatic carbocycles. The summed E-state index contributed by atoms with van der Waals surface area (Å²) in [7, 11) is 0. The highest BCUT2D eigenvalue weighted by Crippen LogP contribution is 2.32. The average Bonchev–Trinajstić information content (AvgIpc) is 2.30. The molecule has 14 heavy (non-hydrogen) atoms. The van der Waals surface area contributed by atoms with Crippen molar-refractivity contribution in [2.75, 3.05) is 0 Å². The van der Waals surface area contributed by atoms with Gasteiger partial charge >= 0.3 is 0 Å². The largest absolute Gasteiger partial charge is 0.303 e. The normalized spacial score (nSPS) is 27.1. The fraction of sp³-hybridized carbons (Fsp3) is 0.545. The third-order valence-electron chi connectivity index (χ3n) is 2.92. The minimum Gasteiger partial charge on any atom is -0.303 e. The van der Waals surface area contributed by atoms with E-state index in [4.69, 9.17) is 0 Å². The number of rotatable bonds is 2. The van der Waals surface area contributed by atoms with Gasteiger partial charge < -0.3 is 4.79 Å². The summed E-state index contributed by atoms with van der Waals surface area (Å²) >= 11 is 0. The number of aromatic nitrogens is 2. The molecule has 1 heterocycles. The number of hydrogen-bond acceptors (Lipinski definition) is 3. The van der Waals surface area contributed by atoms with Crippen LogP contribution < -0.4 is 0 Å². The zero-order valence-electron chi connectivity index (χ0n) is 8.10. The van der Waals surface area contributed by atoms with Crippen LogP contribution in [0.1, 0.15) is 37.4 Å². The van der Waals surface area contributed by atoms with Crippen LogP contribution in [0.25, 0.3) is 0 Å². The van der Waals surface area contributed by atoms with Gasteiger partial charge in [0.05, 0.1) is 0 Å². The van der Waals surface area contributed by atoms with E-state index in [1.165, 1.54) is 0 Å². The van der Waals surface area contributed by atoms with Gasteiger partial charge in [0.25, 0.3) is 0 Å². The van der Waals surface area contributed by atoms with Crippen LogP contribution in [0.3, 0.4) is 0 Å². The molecule has 0 amide bonds. The van der Waals surface area contributed by atoms with Gasteiger partial charge in [0.15, 0.2) is 0 Å². The molecule has 0 radical (unpaired) electrons. The highest BCUT2D eigenvalue weighted by Gasteiger charge is 2.23. The van der Waals surface area contributed by atoms with E-state index in [-0.39, 0.29) is 5.92 Å². The summed E-state index contributed by atoms with van der Waals surface area (Å²) in [4.78, 5) is 19.1. The van der Waals surface area contributed by atoms with Crippen molar-refractivity contribution in [1.82, 2.24) is 9.97 Å². The van der Waals surface area contributed by atoms with Gasteiger partial charge in [0, 0.05) is 24.2 Å². The third-order valence-corrected chi connectivity index (χ3v) is 2.92. The Kier molecular flexibility index (Phi) is 2.87. The van der Waals surface area contributed by atoms with Crippen molar-refractivity contribution >= 4 is 6.29 Å². The molecule has 2 rings (SSSR count). The first-order chi connectivity index (χ1) is 6.90. The van der Waals surface area contributed by atoms with E-state index in [9.17, 15) is 4.79 Å². The second kappa shape index (κ2) is 4.31. The minimum absolute atomic E-state index is 0.273. The van der Waals surface area contributed by atoms with Crippen molar-refractivity contribution in [2.45, 2.75) is 31.6 Å². The Morgan fingerprint density at radius 3 is 2.36 bits per heavy atom. The molecular weight excluding hydrogens is 176 g/mol. The van der Waals surface area contributed by atoms with E-state index in [1.54, 1.807) is 12.4 Å². The van der Waals surface area contributed by atoms with Gasteiger partial charge in [-0.3, -0.25) is 0 Å². The summed E-state index contributed by atoms with van der Waals surface area (Å²) in [5.74, 6) is 1.68. The minimum atomic E-state index is 0.273. The lowest BCUT2D eigenvalue weighted by Crippen LogP contribution is -2.15. The molecule has 0 N–H and O–H groups in total. The van der Waals surface area contributed by atoms with Crippen molar-refractivity contribution in [3.63, 3.8) is 0 Å². The quantitative estimate of drug-likeness (QED) is 0.669. The second-order valence-corrected chi connectivity index (χ2v) is 3.85. The van der Waals surface area contributed by atoms with E-state index in [0.717, 1.165) is 37.8 Å². The summed E-state index contributed by atoms with van der Waals surface area (Å²) in [6.45, 7) is 0. The fourth-order valence-electron chi connectivity index (χ4n) is 2.03. The Balaban J connectivity index is 1.99. The summed E-state index contributed by atoms with van der Waals surface area (Å²) < 4.78 is 0. The van der Waals surface area contributed by atoms with E-state index in [0.29, 0.717) is 5.92 Å². The number of carbonyl (C=O) groups is 1. The number of carbonyl (C=O) groups excluding carboxylic acids is 1. The van der Waals surface area contributed by atoms with E-state index in [2.05, 4.69) is 9.97 Å². The molecule has 0 aliphatic heterocycles. The number of aldehydes is 1. The van der Waals surface area contributed by atoms with Gasteiger partial charge in [0.2, 0.25) is 0 Å². The maximum absolute atomic E-state index is 10.6. The fourth-order valence-corrected chi connectivity index (χ4v) is 2.03. The van der Waals surface area contributed by atoms with E-state index >= 15 is 0 Å². The van der Waals surface area contributed by atoms with Gasteiger partial charge in [-0.2, -0.15) is 0 Å². The van der Waals surface area contributed by atoms with Gasteiger partial charge in [-0.05, 0) is 31.7 Å². The van der Waals surface area contributed by atoms with Crippen molar-refractivity contribution < 1.29 is 4.79 Å². The molecule has 0 bridgehead atoms. The van der Waals surface area contributed by atoms with Crippen molar-refractivity contribution in [2.24, 2.45) is 5.92 Å². The van der Waals surface area contributed by atoms with Crippen molar-refractivity contribution in [3.05, 3.63) is 24.3 Å². The zero-order valence-corrected chi connectivity index (χ0v) is 8.10. The van der Waals surface area contributed by atoms with E-state index in [1.807, 2.05) is 6.07 Å². The lowest BCUT2D eigenvalue weighted by atomic mass is 9.82.